The summed E-state index contributed by atoms with van der Waals surface area (Å²) >= 11 is 13.8. The summed E-state index contributed by atoms with van der Waals surface area (Å²) in [7, 11) is 6.23. The van der Waals surface area contributed by atoms with Crippen LogP contribution in [0.25, 0.3) is 21.8 Å². The Balaban J connectivity index is 0.000000202. The Morgan fingerprint density at radius 3 is 1.62 bits per heavy atom. The Morgan fingerprint density at radius 1 is 0.661 bits per heavy atom. The Labute approximate surface area is 334 Å². The molecular weight excluding hydrogens is 783 g/mol. The minimum absolute atomic E-state index is 0.298. The van der Waals surface area contributed by atoms with Crippen LogP contribution in [-0.2, 0) is 0 Å². The highest BCUT2D eigenvalue weighted by molar-refractivity contribution is 7.15. The number of aryl methyl sites for hydroxylation is 2. The molecule has 0 unspecified atom stereocenters. The number of aromatic nitrogens is 5. The van der Waals surface area contributed by atoms with Crippen LogP contribution in [0.3, 0.4) is 0 Å². The van der Waals surface area contributed by atoms with Gasteiger partial charge in [0, 0.05) is 29.1 Å². The number of hydrogen-bond donors (Lipinski definition) is 3. The van der Waals surface area contributed by atoms with Crippen molar-refractivity contribution in [2.45, 2.75) is 13.8 Å². The van der Waals surface area contributed by atoms with Gasteiger partial charge >= 0.3 is 6.03 Å². The van der Waals surface area contributed by atoms with E-state index in [9.17, 15) is 4.79 Å². The van der Waals surface area contributed by atoms with Crippen LogP contribution in [-0.4, -0.2) is 59.4 Å². The molecule has 0 aliphatic carbocycles. The number of thiazole rings is 1. The summed E-state index contributed by atoms with van der Waals surface area (Å²) in [5.41, 5.74) is 8.79. The molecule has 7 aromatic rings. The molecule has 18 heteroatoms. The molecule has 0 atom stereocenters. The summed E-state index contributed by atoms with van der Waals surface area (Å²) < 4.78 is 33.0. The van der Waals surface area contributed by atoms with Crippen LogP contribution in [0.15, 0.2) is 73.3 Å². The van der Waals surface area contributed by atoms with Crippen molar-refractivity contribution < 1.29 is 33.2 Å². The fourth-order valence-corrected chi connectivity index (χ4v) is 6.31. The third-order valence-corrected chi connectivity index (χ3v) is 9.68. The Kier molecular flexibility index (Phi) is 12.2. The van der Waals surface area contributed by atoms with Gasteiger partial charge in [-0.15, -0.1) is 11.3 Å². The normalized spacial score (nSPS) is 10.6. The van der Waals surface area contributed by atoms with Crippen molar-refractivity contribution in [1.82, 2.24) is 24.9 Å². The molecule has 0 aliphatic rings. The zero-order valence-electron chi connectivity index (χ0n) is 30.8. The number of benzene rings is 4. The average Bonchev–Trinajstić information content (AvgIpc) is 3.51. The van der Waals surface area contributed by atoms with Gasteiger partial charge in [0.2, 0.25) is 11.8 Å². The van der Waals surface area contributed by atoms with Crippen molar-refractivity contribution in [2.75, 3.05) is 44.8 Å². The van der Waals surface area contributed by atoms with E-state index in [0.29, 0.717) is 94.6 Å². The minimum atomic E-state index is -0.442. The first-order valence-corrected chi connectivity index (χ1v) is 18.0. The number of hydrogen-bond acceptors (Lipinski definition) is 14. The van der Waals surface area contributed by atoms with Gasteiger partial charge in [0.1, 0.15) is 24.2 Å². The molecule has 56 heavy (non-hydrogen) atoms. The molecule has 0 radical (unpaired) electrons. The second-order valence-electron chi connectivity index (χ2n) is 11.6. The topological polar surface area (TPSA) is 187 Å². The summed E-state index contributed by atoms with van der Waals surface area (Å²) in [4.78, 5) is 34.5. The molecule has 0 aliphatic heterocycles. The molecule has 0 bridgehead atoms. The fraction of sp³-hybridized carbons (Fsp3) is 0.158. The quantitative estimate of drug-likeness (QED) is 0.111. The highest BCUT2D eigenvalue weighted by Gasteiger charge is 2.16. The standard InChI is InChI=1S/C22H20ClN5O4S.C16H14ClN3O3/c1-11-12(2)33-22(26-11)28-21(29)27-16-6-5-13(7-15(16)23)32-20-14-8-18(30-3)19(31-4)9-17(14)24-10-25-20;1-21-14-6-10-13(7-15(14)22-2)19-8-20-16(10)23-9-3-4-12(18)11(17)5-9/h5-10H,1-4H3,(H2,26,27,28,29);3-8H,18H2,1-2H3. The Bertz CT molecular complexity index is 2540. The molecule has 0 saturated heterocycles. The number of amides is 2. The van der Waals surface area contributed by atoms with Gasteiger partial charge in [-0.3, -0.25) is 5.32 Å². The van der Waals surface area contributed by atoms with E-state index >= 15 is 0 Å². The third kappa shape index (κ3) is 8.94. The first-order chi connectivity index (χ1) is 27.0. The number of fused-ring (bicyclic) bond motifs is 2. The lowest BCUT2D eigenvalue weighted by Crippen LogP contribution is -2.19. The molecule has 7 rings (SSSR count). The number of ether oxygens (including phenoxy) is 6. The lowest BCUT2D eigenvalue weighted by atomic mass is 10.2. The number of rotatable bonds is 10. The lowest BCUT2D eigenvalue weighted by Gasteiger charge is -2.12. The number of nitrogen functional groups attached to an aromatic ring is 1. The monoisotopic (exact) mass is 816 g/mol. The average molecular weight is 818 g/mol. The van der Waals surface area contributed by atoms with E-state index in [1.54, 1.807) is 89.1 Å². The summed E-state index contributed by atoms with van der Waals surface area (Å²) in [6.45, 7) is 3.83. The predicted octanol–water partition coefficient (Wildman–Crippen LogP) is 9.48. The van der Waals surface area contributed by atoms with Gasteiger partial charge in [0.05, 0.1) is 77.4 Å². The zero-order chi connectivity index (χ0) is 39.9. The minimum Gasteiger partial charge on any atom is -0.493 e. The number of carbonyl (C=O) groups excluding carboxylic acids is 1. The van der Waals surface area contributed by atoms with E-state index in [1.165, 1.54) is 24.0 Å². The van der Waals surface area contributed by atoms with Gasteiger partial charge in [-0.05, 0) is 50.2 Å². The maximum atomic E-state index is 12.3. The smallest absolute Gasteiger partial charge is 0.325 e. The van der Waals surface area contributed by atoms with Gasteiger partial charge in [-0.2, -0.15) is 0 Å². The van der Waals surface area contributed by atoms with Crippen molar-refractivity contribution in [1.29, 1.82) is 0 Å². The largest absolute Gasteiger partial charge is 0.493 e. The second kappa shape index (κ2) is 17.4. The van der Waals surface area contributed by atoms with Crippen molar-refractivity contribution in [3.05, 3.63) is 93.9 Å². The van der Waals surface area contributed by atoms with Crippen LogP contribution in [0.4, 0.5) is 21.3 Å². The molecule has 288 valence electrons. The zero-order valence-corrected chi connectivity index (χ0v) is 33.1. The molecule has 0 fully saturated rings. The summed E-state index contributed by atoms with van der Waals surface area (Å²) in [6, 6.07) is 16.5. The van der Waals surface area contributed by atoms with Gasteiger partial charge in [0.25, 0.3) is 0 Å². The molecule has 0 saturated carbocycles. The number of nitrogens with two attached hydrogens (primary N) is 1. The van der Waals surface area contributed by atoms with Crippen molar-refractivity contribution in [3.8, 4) is 46.3 Å². The molecule has 2 amide bonds. The highest BCUT2D eigenvalue weighted by atomic mass is 35.5. The van der Waals surface area contributed by atoms with Crippen molar-refractivity contribution >= 4 is 78.9 Å². The summed E-state index contributed by atoms with van der Waals surface area (Å²) in [6.07, 6.45) is 2.82. The number of urea groups is 1. The molecule has 15 nitrogen and oxygen atoms in total. The second-order valence-corrected chi connectivity index (χ2v) is 13.6. The van der Waals surface area contributed by atoms with E-state index in [1.807, 2.05) is 13.8 Å². The number of halogens is 2. The SMILES string of the molecule is COc1cc2ncnc(Oc3ccc(N)c(Cl)c3)c2cc1OC.COc1cc2ncnc(Oc3ccc(NC(=O)Nc4nc(C)c(C)s4)c(Cl)c3)c2cc1OC. The number of methoxy groups -OCH3 is 4. The van der Waals surface area contributed by atoms with E-state index in [0.717, 1.165) is 10.6 Å². The van der Waals surface area contributed by atoms with Crippen LogP contribution in [0, 0.1) is 13.8 Å². The van der Waals surface area contributed by atoms with Gasteiger partial charge in [-0.25, -0.2) is 29.7 Å². The first kappa shape index (κ1) is 39.3. The number of carbonyl (C=O) groups is 1. The maximum Gasteiger partial charge on any atom is 0.325 e. The van der Waals surface area contributed by atoms with Crippen LogP contribution in [0.5, 0.6) is 46.3 Å². The first-order valence-electron chi connectivity index (χ1n) is 16.5. The van der Waals surface area contributed by atoms with E-state index in [2.05, 4.69) is 35.6 Å². The third-order valence-electron chi connectivity index (χ3n) is 8.05. The maximum absolute atomic E-state index is 12.3. The van der Waals surface area contributed by atoms with Crippen molar-refractivity contribution in [2.24, 2.45) is 0 Å². The Hall–Kier alpha value is -6.36. The number of anilines is 3. The van der Waals surface area contributed by atoms with Crippen LogP contribution in [0.2, 0.25) is 10.0 Å². The van der Waals surface area contributed by atoms with Crippen LogP contribution < -0.4 is 44.8 Å². The number of nitrogens with zero attached hydrogens (tertiary/aromatic N) is 5. The van der Waals surface area contributed by atoms with E-state index < -0.39 is 6.03 Å². The van der Waals surface area contributed by atoms with Crippen LogP contribution >= 0.6 is 34.5 Å². The van der Waals surface area contributed by atoms with E-state index in [4.69, 9.17) is 57.4 Å². The van der Waals surface area contributed by atoms with Gasteiger partial charge < -0.3 is 39.5 Å². The van der Waals surface area contributed by atoms with Crippen molar-refractivity contribution in [3.63, 3.8) is 0 Å². The number of nitrogens with one attached hydrogen (secondary N) is 2. The molecule has 3 heterocycles. The predicted molar refractivity (Wildman–Crippen MR) is 217 cm³/mol. The lowest BCUT2D eigenvalue weighted by molar-refractivity contribution is 0.262. The van der Waals surface area contributed by atoms with Gasteiger partial charge in [-0.1, -0.05) is 23.2 Å². The van der Waals surface area contributed by atoms with Gasteiger partial charge in [0.15, 0.2) is 28.1 Å². The summed E-state index contributed by atoms with van der Waals surface area (Å²) in [5.74, 6) is 3.90. The molecular formula is C38H34Cl2N8O7S. The Morgan fingerprint density at radius 2 is 1.16 bits per heavy atom. The van der Waals surface area contributed by atoms with E-state index in [-0.39, 0.29) is 0 Å². The summed E-state index contributed by atoms with van der Waals surface area (Å²) in [5, 5.41) is 7.97. The highest BCUT2D eigenvalue weighted by Crippen LogP contribution is 2.38. The molecule has 0 spiro atoms. The molecule has 4 aromatic carbocycles. The molecule has 3 aromatic heterocycles. The molecule has 4 N–H and O–H groups in total. The fourth-order valence-electron chi connectivity index (χ4n) is 5.11. The van der Waals surface area contributed by atoms with Crippen LogP contribution in [0.1, 0.15) is 10.6 Å².